The quantitative estimate of drug-likeness (QED) is 0.766. The molecule has 5 nitrogen and oxygen atoms in total. The summed E-state index contributed by atoms with van der Waals surface area (Å²) in [5.74, 6) is -0.300. The minimum absolute atomic E-state index is 0.130. The second-order valence-electron chi connectivity index (χ2n) is 5.26. The summed E-state index contributed by atoms with van der Waals surface area (Å²) in [5.41, 5.74) is 1.62. The zero-order chi connectivity index (χ0) is 18.4. The second kappa shape index (κ2) is 8.56. The van der Waals surface area contributed by atoms with Gasteiger partial charge < -0.3 is 10.6 Å². The summed E-state index contributed by atoms with van der Waals surface area (Å²) in [6.45, 7) is 3.25. The first-order chi connectivity index (χ1) is 11.9. The Bertz CT molecular complexity index is 831. The molecule has 0 radical (unpaired) electrons. The molecular formula is C18H16ClN3O2S. The van der Waals surface area contributed by atoms with Gasteiger partial charge in [0.2, 0.25) is 11.8 Å². The van der Waals surface area contributed by atoms with E-state index in [0.29, 0.717) is 22.0 Å². The van der Waals surface area contributed by atoms with E-state index in [0.717, 1.165) is 4.90 Å². The molecule has 2 aromatic rings. The molecule has 128 valence electrons. The molecule has 1 atom stereocenters. The van der Waals surface area contributed by atoms with Crippen molar-refractivity contribution in [2.24, 2.45) is 0 Å². The van der Waals surface area contributed by atoms with E-state index in [1.807, 2.05) is 18.2 Å². The van der Waals surface area contributed by atoms with E-state index in [1.54, 1.807) is 37.3 Å². The third-order valence-corrected chi connectivity index (χ3v) is 4.64. The van der Waals surface area contributed by atoms with Crippen molar-refractivity contribution in [3.63, 3.8) is 0 Å². The third kappa shape index (κ3) is 5.52. The van der Waals surface area contributed by atoms with Crippen molar-refractivity contribution >= 4 is 46.6 Å². The average Bonchev–Trinajstić information content (AvgIpc) is 2.56. The maximum absolute atomic E-state index is 12.3. The average molecular weight is 374 g/mol. The van der Waals surface area contributed by atoms with Crippen LogP contribution in [0.3, 0.4) is 0 Å². The molecule has 0 aromatic heterocycles. The predicted octanol–water partition coefficient (Wildman–Crippen LogP) is 4.29. The lowest BCUT2D eigenvalue weighted by Crippen LogP contribution is -2.22. The number of rotatable bonds is 5. The zero-order valence-corrected chi connectivity index (χ0v) is 15.2. The first-order valence-corrected chi connectivity index (χ1v) is 8.69. The Hall–Kier alpha value is -2.49. The molecule has 0 fully saturated rings. The van der Waals surface area contributed by atoms with Crippen LogP contribution < -0.4 is 10.6 Å². The number of anilines is 2. The Balaban J connectivity index is 1.97. The summed E-state index contributed by atoms with van der Waals surface area (Å²) in [6, 6.07) is 14.0. The summed E-state index contributed by atoms with van der Waals surface area (Å²) in [6.07, 6.45) is 0. The van der Waals surface area contributed by atoms with Gasteiger partial charge in [0.25, 0.3) is 0 Å². The first-order valence-electron chi connectivity index (χ1n) is 7.44. The first kappa shape index (κ1) is 18.8. The number of amides is 2. The van der Waals surface area contributed by atoms with Crippen LogP contribution in [0.4, 0.5) is 11.4 Å². The van der Waals surface area contributed by atoms with Gasteiger partial charge in [-0.3, -0.25) is 9.59 Å². The summed E-state index contributed by atoms with van der Waals surface area (Å²) in [7, 11) is 0. The molecule has 7 heteroatoms. The Morgan fingerprint density at radius 1 is 1.12 bits per heavy atom. The highest BCUT2D eigenvalue weighted by atomic mass is 35.5. The van der Waals surface area contributed by atoms with E-state index in [1.165, 1.54) is 18.7 Å². The van der Waals surface area contributed by atoms with Gasteiger partial charge in [-0.05, 0) is 49.4 Å². The largest absolute Gasteiger partial charge is 0.326 e. The molecule has 0 saturated heterocycles. The van der Waals surface area contributed by atoms with Crippen LogP contribution in [0.15, 0.2) is 47.4 Å². The number of carbonyl (C=O) groups is 2. The van der Waals surface area contributed by atoms with Gasteiger partial charge in [0.1, 0.15) is 6.07 Å². The minimum Gasteiger partial charge on any atom is -0.326 e. The van der Waals surface area contributed by atoms with Crippen LogP contribution >= 0.6 is 23.4 Å². The van der Waals surface area contributed by atoms with E-state index < -0.39 is 0 Å². The van der Waals surface area contributed by atoms with E-state index in [2.05, 4.69) is 10.6 Å². The lowest BCUT2D eigenvalue weighted by Gasteiger charge is -2.13. The predicted molar refractivity (Wildman–Crippen MR) is 101 cm³/mol. The smallest absolute Gasteiger partial charge is 0.237 e. The Labute approximate surface area is 155 Å². The van der Waals surface area contributed by atoms with Crippen LogP contribution in [-0.2, 0) is 9.59 Å². The number of nitrogens with zero attached hydrogens (tertiary/aromatic N) is 1. The Morgan fingerprint density at radius 2 is 1.76 bits per heavy atom. The number of carbonyl (C=O) groups excluding carboxylic acids is 2. The van der Waals surface area contributed by atoms with E-state index in [-0.39, 0.29) is 17.1 Å². The molecule has 0 heterocycles. The second-order valence-corrected chi connectivity index (χ2v) is 7.08. The summed E-state index contributed by atoms with van der Waals surface area (Å²) in [5, 5.41) is 14.3. The molecule has 0 saturated carbocycles. The molecule has 25 heavy (non-hydrogen) atoms. The topological polar surface area (TPSA) is 82.0 Å². The fraction of sp³-hybridized carbons (Fsp3) is 0.167. The van der Waals surface area contributed by atoms with Crippen LogP contribution in [0.25, 0.3) is 0 Å². The van der Waals surface area contributed by atoms with E-state index in [4.69, 9.17) is 16.9 Å². The molecule has 2 aromatic carbocycles. The van der Waals surface area contributed by atoms with Crippen LogP contribution in [-0.4, -0.2) is 17.1 Å². The summed E-state index contributed by atoms with van der Waals surface area (Å²) in [4.78, 5) is 24.2. The van der Waals surface area contributed by atoms with Crippen LogP contribution in [0.5, 0.6) is 0 Å². The molecule has 0 aliphatic rings. The lowest BCUT2D eigenvalue weighted by molar-refractivity contribution is -0.115. The van der Waals surface area contributed by atoms with Crippen LogP contribution in [0.2, 0.25) is 5.02 Å². The maximum Gasteiger partial charge on any atom is 0.237 e. The van der Waals surface area contributed by atoms with Crippen LogP contribution in [0, 0.1) is 11.3 Å². The van der Waals surface area contributed by atoms with E-state index in [9.17, 15) is 9.59 Å². The standard InChI is InChI=1S/C18H16ClN3O2S/c1-11(25-16-7-5-14(6-8-16)21-12(2)23)18(24)22-15-4-3-13(10-20)17(19)9-15/h3-9,11H,1-2H3,(H,21,23)(H,22,24). The number of hydrogen-bond acceptors (Lipinski definition) is 4. The minimum atomic E-state index is -0.332. The van der Waals surface area contributed by atoms with Gasteiger partial charge in [0, 0.05) is 23.2 Å². The third-order valence-electron chi connectivity index (χ3n) is 3.21. The zero-order valence-electron chi connectivity index (χ0n) is 13.7. The van der Waals surface area contributed by atoms with Gasteiger partial charge in [-0.15, -0.1) is 11.8 Å². The number of nitrogens with one attached hydrogen (secondary N) is 2. The lowest BCUT2D eigenvalue weighted by atomic mass is 10.2. The van der Waals surface area contributed by atoms with Crippen molar-refractivity contribution in [2.45, 2.75) is 24.0 Å². The van der Waals surface area contributed by atoms with Gasteiger partial charge in [0.05, 0.1) is 15.8 Å². The number of hydrogen-bond donors (Lipinski definition) is 2. The highest BCUT2D eigenvalue weighted by Crippen LogP contribution is 2.26. The Kier molecular flexibility index (Phi) is 6.45. The number of halogens is 1. The number of benzene rings is 2. The molecule has 2 amide bonds. The Morgan fingerprint density at radius 3 is 2.32 bits per heavy atom. The van der Waals surface area contributed by atoms with Crippen molar-refractivity contribution in [1.82, 2.24) is 0 Å². The molecule has 0 spiro atoms. The SMILES string of the molecule is CC(=O)Nc1ccc(SC(C)C(=O)Nc2ccc(C#N)c(Cl)c2)cc1. The van der Waals surface area contributed by atoms with Gasteiger partial charge in [-0.2, -0.15) is 5.26 Å². The number of thioether (sulfide) groups is 1. The van der Waals surface area contributed by atoms with Gasteiger partial charge in [-0.1, -0.05) is 11.6 Å². The molecule has 0 bridgehead atoms. The summed E-state index contributed by atoms with van der Waals surface area (Å²) < 4.78 is 0. The maximum atomic E-state index is 12.3. The fourth-order valence-electron chi connectivity index (χ4n) is 2.01. The molecule has 0 aliphatic carbocycles. The molecule has 1 unspecified atom stereocenters. The van der Waals surface area contributed by atoms with Crippen molar-refractivity contribution in [1.29, 1.82) is 5.26 Å². The summed E-state index contributed by atoms with van der Waals surface area (Å²) >= 11 is 7.36. The number of nitriles is 1. The highest BCUT2D eigenvalue weighted by molar-refractivity contribution is 8.00. The van der Waals surface area contributed by atoms with Crippen LogP contribution in [0.1, 0.15) is 19.4 Å². The van der Waals surface area contributed by atoms with Crippen molar-refractivity contribution in [3.8, 4) is 6.07 Å². The molecule has 2 N–H and O–H groups in total. The van der Waals surface area contributed by atoms with Crippen molar-refractivity contribution in [3.05, 3.63) is 53.1 Å². The fourth-order valence-corrected chi connectivity index (χ4v) is 3.10. The van der Waals surface area contributed by atoms with Crippen molar-refractivity contribution in [2.75, 3.05) is 10.6 Å². The van der Waals surface area contributed by atoms with Gasteiger partial charge in [-0.25, -0.2) is 0 Å². The molecule has 2 rings (SSSR count). The van der Waals surface area contributed by atoms with E-state index >= 15 is 0 Å². The molecule has 0 aliphatic heterocycles. The van der Waals surface area contributed by atoms with Crippen molar-refractivity contribution < 1.29 is 9.59 Å². The highest BCUT2D eigenvalue weighted by Gasteiger charge is 2.15. The normalized spacial score (nSPS) is 11.3. The monoisotopic (exact) mass is 373 g/mol. The molecular weight excluding hydrogens is 358 g/mol. The van der Waals surface area contributed by atoms with Gasteiger partial charge >= 0.3 is 0 Å². The van der Waals surface area contributed by atoms with Gasteiger partial charge in [0.15, 0.2) is 0 Å².